The lowest BCUT2D eigenvalue weighted by molar-refractivity contribution is -0.131. The molecule has 2 fully saturated rings. The molecule has 0 aromatic heterocycles. The average Bonchev–Trinajstić information content (AvgIpc) is 2.68. The van der Waals surface area contributed by atoms with Crippen molar-refractivity contribution in [1.82, 2.24) is 0 Å². The maximum atomic E-state index is 13.5. The van der Waals surface area contributed by atoms with Crippen LogP contribution in [0.3, 0.4) is 0 Å². The maximum absolute atomic E-state index is 13.5. The molecule has 0 radical (unpaired) electrons. The first-order chi connectivity index (χ1) is 13.0. The van der Waals surface area contributed by atoms with Gasteiger partial charge in [-0.2, -0.15) is 0 Å². The summed E-state index contributed by atoms with van der Waals surface area (Å²) in [4.78, 5) is 10.5. The predicted octanol–water partition coefficient (Wildman–Crippen LogP) is 6.47. The van der Waals surface area contributed by atoms with E-state index in [1.54, 1.807) is 12.1 Å². The van der Waals surface area contributed by atoms with Crippen LogP contribution < -0.4 is 0 Å². The lowest BCUT2D eigenvalue weighted by atomic mass is 9.68. The van der Waals surface area contributed by atoms with Crippen LogP contribution >= 0.6 is 0 Å². The van der Waals surface area contributed by atoms with Gasteiger partial charge in [0.2, 0.25) is 0 Å². The van der Waals surface area contributed by atoms with E-state index in [4.69, 9.17) is 5.11 Å². The lowest BCUT2D eigenvalue weighted by Gasteiger charge is -2.38. The Hall–Kier alpha value is -1.71. The van der Waals surface area contributed by atoms with Crippen molar-refractivity contribution in [3.05, 3.63) is 47.5 Å². The summed E-state index contributed by atoms with van der Waals surface area (Å²) in [7, 11) is 0. The number of rotatable bonds is 6. The smallest absolute Gasteiger partial charge is 0.327 e. The van der Waals surface area contributed by atoms with E-state index in [1.807, 2.05) is 0 Å². The largest absolute Gasteiger partial charge is 0.478 e. The van der Waals surface area contributed by atoms with Crippen molar-refractivity contribution in [3.8, 4) is 0 Å². The van der Waals surface area contributed by atoms with E-state index in [-0.39, 0.29) is 0 Å². The summed E-state index contributed by atoms with van der Waals surface area (Å²) in [6.45, 7) is 0. The van der Waals surface area contributed by atoms with E-state index in [0.29, 0.717) is 5.92 Å². The van der Waals surface area contributed by atoms with E-state index < -0.39 is 17.6 Å². The minimum atomic E-state index is -0.863. The second-order valence-corrected chi connectivity index (χ2v) is 8.38. The van der Waals surface area contributed by atoms with Gasteiger partial charge in [-0.05, 0) is 92.7 Å². The Balaban J connectivity index is 1.40. The van der Waals surface area contributed by atoms with Gasteiger partial charge in [-0.15, -0.1) is 0 Å². The molecule has 148 valence electrons. The van der Waals surface area contributed by atoms with E-state index in [0.717, 1.165) is 49.0 Å². The van der Waals surface area contributed by atoms with Gasteiger partial charge in [0.05, 0.1) is 0 Å². The molecule has 0 atom stereocenters. The van der Waals surface area contributed by atoms with Crippen LogP contribution in [0.1, 0.15) is 75.7 Å². The van der Waals surface area contributed by atoms with E-state index >= 15 is 0 Å². The Morgan fingerprint density at radius 3 is 2.19 bits per heavy atom. The van der Waals surface area contributed by atoms with Crippen LogP contribution in [0.4, 0.5) is 8.78 Å². The molecular weight excluding hydrogens is 346 g/mol. The zero-order valence-electron chi connectivity index (χ0n) is 15.9. The molecule has 27 heavy (non-hydrogen) atoms. The third kappa shape index (κ3) is 5.63. The van der Waals surface area contributed by atoms with Gasteiger partial charge in [-0.25, -0.2) is 13.6 Å². The first-order valence-corrected chi connectivity index (χ1v) is 10.4. The molecule has 2 saturated carbocycles. The number of allylic oxidation sites excluding steroid dienone is 1. The topological polar surface area (TPSA) is 37.3 Å². The Bertz CT molecular complexity index is 654. The van der Waals surface area contributed by atoms with Crippen LogP contribution in [0.5, 0.6) is 0 Å². The molecule has 1 N–H and O–H groups in total. The Morgan fingerprint density at radius 2 is 1.59 bits per heavy atom. The molecule has 2 aliphatic carbocycles. The van der Waals surface area contributed by atoms with Crippen LogP contribution in [0.2, 0.25) is 0 Å². The van der Waals surface area contributed by atoms with Crippen molar-refractivity contribution in [2.24, 2.45) is 17.8 Å². The van der Waals surface area contributed by atoms with E-state index in [2.05, 4.69) is 0 Å². The van der Waals surface area contributed by atoms with Gasteiger partial charge >= 0.3 is 5.97 Å². The molecule has 0 aliphatic heterocycles. The van der Waals surface area contributed by atoms with Crippen LogP contribution in [0.15, 0.2) is 30.4 Å². The first kappa shape index (κ1) is 20.0. The molecule has 2 nitrogen and oxygen atoms in total. The van der Waals surface area contributed by atoms with Crippen molar-refractivity contribution in [2.45, 2.75) is 70.1 Å². The highest BCUT2D eigenvalue weighted by Crippen LogP contribution is 2.44. The minimum absolute atomic E-state index is 0.369. The molecule has 3 rings (SSSR count). The minimum Gasteiger partial charge on any atom is -0.478 e. The quantitative estimate of drug-likeness (QED) is 0.578. The van der Waals surface area contributed by atoms with Crippen LogP contribution in [-0.4, -0.2) is 11.1 Å². The van der Waals surface area contributed by atoms with Gasteiger partial charge in [0.25, 0.3) is 0 Å². The fourth-order valence-corrected chi connectivity index (χ4v) is 5.15. The van der Waals surface area contributed by atoms with Crippen molar-refractivity contribution < 1.29 is 18.7 Å². The molecule has 0 amide bonds. The zero-order chi connectivity index (χ0) is 19.2. The average molecular weight is 376 g/mol. The number of carboxylic acid groups (broad SMARTS) is 1. The summed E-state index contributed by atoms with van der Waals surface area (Å²) < 4.78 is 26.6. The number of aliphatic carboxylic acids is 1. The summed E-state index contributed by atoms with van der Waals surface area (Å²) >= 11 is 0. The fourth-order valence-electron chi connectivity index (χ4n) is 5.15. The summed E-state index contributed by atoms with van der Waals surface area (Å²) in [6.07, 6.45) is 14.6. The number of halogens is 2. The summed E-state index contributed by atoms with van der Waals surface area (Å²) in [5, 5.41) is 8.62. The van der Waals surface area contributed by atoms with Crippen LogP contribution in [0, 0.1) is 29.4 Å². The molecule has 0 saturated heterocycles. The molecule has 4 heteroatoms. The van der Waals surface area contributed by atoms with Gasteiger partial charge < -0.3 is 5.11 Å². The highest BCUT2D eigenvalue weighted by Gasteiger charge is 2.31. The van der Waals surface area contributed by atoms with Gasteiger partial charge in [0, 0.05) is 6.08 Å². The maximum Gasteiger partial charge on any atom is 0.327 e. The number of benzene rings is 1. The molecule has 0 bridgehead atoms. The fraction of sp³-hybridized carbons (Fsp3) is 0.609. The molecule has 0 unspecified atom stereocenters. The number of hydrogen-bond donors (Lipinski definition) is 1. The molecule has 0 spiro atoms. The predicted molar refractivity (Wildman–Crippen MR) is 103 cm³/mol. The van der Waals surface area contributed by atoms with Crippen molar-refractivity contribution >= 4 is 5.97 Å². The normalized spacial score (nSPS) is 29.1. The summed E-state index contributed by atoms with van der Waals surface area (Å²) in [5.41, 5.74) is 0.950. The second-order valence-electron chi connectivity index (χ2n) is 8.38. The van der Waals surface area contributed by atoms with Crippen LogP contribution in [-0.2, 0) is 4.79 Å². The Kier molecular flexibility index (Phi) is 7.03. The molecule has 2 aliphatic rings. The highest BCUT2D eigenvalue weighted by atomic mass is 19.2. The molecule has 0 heterocycles. The first-order valence-electron chi connectivity index (χ1n) is 10.4. The molecular formula is C23H30F2O2. The van der Waals surface area contributed by atoms with Crippen molar-refractivity contribution in [2.75, 3.05) is 0 Å². The third-order valence-electron chi connectivity index (χ3n) is 6.75. The SMILES string of the molecule is O=C(O)/C=C/CC[C@H]1CC[C@H]([C@H]2CC[C@H](c3ccc(F)c(F)c3)CC2)CC1. The summed E-state index contributed by atoms with van der Waals surface area (Å²) in [5.74, 6) is 0.333. The van der Waals surface area contributed by atoms with E-state index in [1.165, 1.54) is 56.7 Å². The monoisotopic (exact) mass is 376 g/mol. The molecule has 1 aromatic carbocycles. The number of carbonyl (C=O) groups is 1. The van der Waals surface area contributed by atoms with Gasteiger partial charge in [-0.1, -0.05) is 25.0 Å². The number of carboxylic acids is 1. The summed E-state index contributed by atoms with van der Waals surface area (Å²) in [6, 6.07) is 4.38. The van der Waals surface area contributed by atoms with E-state index in [9.17, 15) is 13.6 Å². The van der Waals surface area contributed by atoms with Gasteiger partial charge in [-0.3, -0.25) is 0 Å². The molecule has 1 aromatic rings. The third-order valence-corrected chi connectivity index (χ3v) is 6.75. The van der Waals surface area contributed by atoms with Crippen LogP contribution in [0.25, 0.3) is 0 Å². The second kappa shape index (κ2) is 9.48. The standard InChI is InChI=1S/C23H30F2O2/c24-21-14-13-20(15-22(21)25)19-11-9-18(10-12-19)17-7-5-16(6-8-17)3-1-2-4-23(26)27/h2,4,13-19H,1,3,5-12H2,(H,26,27)/b4-2+/t16-,17-,18-,19-. The number of hydrogen-bond acceptors (Lipinski definition) is 1. The Labute approximate surface area is 160 Å². The van der Waals surface area contributed by atoms with Gasteiger partial charge in [0.15, 0.2) is 11.6 Å². The Morgan fingerprint density at radius 1 is 0.963 bits per heavy atom. The highest BCUT2D eigenvalue weighted by molar-refractivity contribution is 5.79. The zero-order valence-corrected chi connectivity index (χ0v) is 15.9. The van der Waals surface area contributed by atoms with Crippen molar-refractivity contribution in [3.63, 3.8) is 0 Å². The van der Waals surface area contributed by atoms with Gasteiger partial charge in [0.1, 0.15) is 0 Å². The van der Waals surface area contributed by atoms with Crippen molar-refractivity contribution in [1.29, 1.82) is 0 Å². The lowest BCUT2D eigenvalue weighted by Crippen LogP contribution is -2.25.